The number of aryl methyl sites for hydroxylation is 1. The normalized spacial score (nSPS) is 10.8. The summed E-state index contributed by atoms with van der Waals surface area (Å²) in [7, 11) is 1.67. The molecule has 0 saturated carbocycles. The molecule has 2 aromatic heterocycles. The summed E-state index contributed by atoms with van der Waals surface area (Å²) in [6.07, 6.45) is 5.23. The fourth-order valence-electron chi connectivity index (χ4n) is 2.15. The Labute approximate surface area is 112 Å². The molecule has 0 aliphatic rings. The lowest BCUT2D eigenvalue weighted by Crippen LogP contribution is -1.86. The summed E-state index contributed by atoms with van der Waals surface area (Å²) < 4.78 is 7.25. The highest BCUT2D eigenvalue weighted by molar-refractivity contribution is 5.63. The third kappa shape index (κ3) is 2.19. The lowest BCUT2D eigenvalue weighted by atomic mass is 10.2. The minimum Gasteiger partial charge on any atom is -0.497 e. The molecule has 0 saturated heterocycles. The van der Waals surface area contributed by atoms with Crippen molar-refractivity contribution >= 4 is 5.65 Å². The summed E-state index contributed by atoms with van der Waals surface area (Å²) in [6, 6.07) is 12.2. The van der Waals surface area contributed by atoms with Crippen LogP contribution in [0, 0.1) is 0 Å². The molecular formula is C16H16N2O. The minimum atomic E-state index is 0.862. The molecule has 0 fully saturated rings. The number of imidazole rings is 1. The van der Waals surface area contributed by atoms with Gasteiger partial charge in [0.05, 0.1) is 12.8 Å². The summed E-state index contributed by atoms with van der Waals surface area (Å²) in [5.41, 5.74) is 4.37. The lowest BCUT2D eigenvalue weighted by molar-refractivity contribution is 0.415. The first-order chi connectivity index (χ1) is 9.30. The summed E-state index contributed by atoms with van der Waals surface area (Å²) in [5.74, 6) is 0.862. The third-order valence-electron chi connectivity index (χ3n) is 3.31. The number of methoxy groups -OCH3 is 1. The van der Waals surface area contributed by atoms with Gasteiger partial charge in [-0.05, 0) is 42.3 Å². The van der Waals surface area contributed by atoms with Crippen LogP contribution in [-0.4, -0.2) is 16.5 Å². The van der Waals surface area contributed by atoms with Crippen LogP contribution in [0.15, 0.2) is 48.8 Å². The predicted molar refractivity (Wildman–Crippen MR) is 76.6 cm³/mol. The second-order valence-electron chi connectivity index (χ2n) is 4.51. The number of rotatable bonds is 3. The van der Waals surface area contributed by atoms with Crippen molar-refractivity contribution in [2.24, 2.45) is 0 Å². The molecule has 0 aliphatic heterocycles. The zero-order valence-electron chi connectivity index (χ0n) is 11.1. The maximum atomic E-state index is 5.17. The number of hydrogen-bond acceptors (Lipinski definition) is 2. The molecule has 0 N–H and O–H groups in total. The van der Waals surface area contributed by atoms with E-state index in [1.807, 2.05) is 24.3 Å². The van der Waals surface area contributed by atoms with Crippen LogP contribution in [0.3, 0.4) is 0 Å². The molecule has 3 nitrogen and oxygen atoms in total. The van der Waals surface area contributed by atoms with Crippen molar-refractivity contribution in [2.45, 2.75) is 13.3 Å². The molecule has 19 heavy (non-hydrogen) atoms. The summed E-state index contributed by atoms with van der Waals surface area (Å²) in [4.78, 5) is 4.64. The van der Waals surface area contributed by atoms with E-state index in [9.17, 15) is 0 Å². The van der Waals surface area contributed by atoms with Gasteiger partial charge in [0, 0.05) is 18.0 Å². The van der Waals surface area contributed by atoms with E-state index in [0.717, 1.165) is 29.1 Å². The third-order valence-corrected chi connectivity index (χ3v) is 3.31. The molecule has 0 atom stereocenters. The quantitative estimate of drug-likeness (QED) is 0.712. The molecule has 3 heteroatoms. The van der Waals surface area contributed by atoms with Gasteiger partial charge >= 0.3 is 0 Å². The molecule has 96 valence electrons. The van der Waals surface area contributed by atoms with E-state index in [-0.39, 0.29) is 0 Å². The fourth-order valence-corrected chi connectivity index (χ4v) is 2.15. The highest BCUT2D eigenvalue weighted by atomic mass is 16.5. The van der Waals surface area contributed by atoms with Gasteiger partial charge in [-0.15, -0.1) is 0 Å². The van der Waals surface area contributed by atoms with Gasteiger partial charge in [-0.25, -0.2) is 4.98 Å². The van der Waals surface area contributed by atoms with Gasteiger partial charge < -0.3 is 9.14 Å². The van der Waals surface area contributed by atoms with Crippen LogP contribution in [-0.2, 0) is 6.42 Å². The summed E-state index contributed by atoms with van der Waals surface area (Å²) >= 11 is 0. The van der Waals surface area contributed by atoms with Crippen molar-refractivity contribution in [3.05, 3.63) is 54.4 Å². The lowest BCUT2D eigenvalue weighted by Gasteiger charge is -2.00. The monoisotopic (exact) mass is 252 g/mol. The molecule has 3 aromatic rings. The average molecular weight is 252 g/mol. The van der Waals surface area contributed by atoms with E-state index in [1.54, 1.807) is 7.11 Å². The van der Waals surface area contributed by atoms with Crippen molar-refractivity contribution < 1.29 is 4.74 Å². The van der Waals surface area contributed by atoms with Crippen LogP contribution in [0.25, 0.3) is 16.9 Å². The number of benzene rings is 1. The van der Waals surface area contributed by atoms with Gasteiger partial charge in [0.2, 0.25) is 0 Å². The molecule has 0 unspecified atom stereocenters. The highest BCUT2D eigenvalue weighted by Gasteiger charge is 2.04. The summed E-state index contributed by atoms with van der Waals surface area (Å²) in [5, 5.41) is 0. The molecule has 0 bridgehead atoms. The van der Waals surface area contributed by atoms with Crippen LogP contribution >= 0.6 is 0 Å². The topological polar surface area (TPSA) is 26.5 Å². The molecular weight excluding hydrogens is 236 g/mol. The smallest absolute Gasteiger partial charge is 0.137 e. The minimum absolute atomic E-state index is 0.862. The van der Waals surface area contributed by atoms with Gasteiger partial charge in [-0.1, -0.05) is 13.0 Å². The number of nitrogens with zero attached hydrogens (tertiary/aromatic N) is 2. The van der Waals surface area contributed by atoms with Crippen LogP contribution in [0.1, 0.15) is 12.5 Å². The molecule has 2 heterocycles. The SMILES string of the molecule is CCc1ccc2nc(-c3ccc(OC)cc3)cn2c1. The van der Waals surface area contributed by atoms with Crippen LogP contribution < -0.4 is 4.74 Å². The Hall–Kier alpha value is -2.29. The first kappa shape index (κ1) is 11.8. The first-order valence-electron chi connectivity index (χ1n) is 6.42. The van der Waals surface area contributed by atoms with E-state index in [0.29, 0.717) is 0 Å². The van der Waals surface area contributed by atoms with E-state index in [2.05, 4.69) is 40.8 Å². The largest absolute Gasteiger partial charge is 0.497 e. The van der Waals surface area contributed by atoms with Crippen molar-refractivity contribution in [1.82, 2.24) is 9.38 Å². The zero-order valence-corrected chi connectivity index (χ0v) is 11.1. The first-order valence-corrected chi connectivity index (χ1v) is 6.42. The summed E-state index contributed by atoms with van der Waals surface area (Å²) in [6.45, 7) is 2.16. The molecule has 0 radical (unpaired) electrons. The Balaban J connectivity index is 2.04. The number of fused-ring (bicyclic) bond motifs is 1. The number of pyridine rings is 1. The van der Waals surface area contributed by atoms with Crippen LogP contribution in [0.2, 0.25) is 0 Å². The number of aromatic nitrogens is 2. The van der Waals surface area contributed by atoms with Crippen molar-refractivity contribution in [3.8, 4) is 17.0 Å². The van der Waals surface area contributed by atoms with E-state index in [1.165, 1.54) is 5.56 Å². The maximum Gasteiger partial charge on any atom is 0.137 e. The highest BCUT2D eigenvalue weighted by Crippen LogP contribution is 2.22. The Bertz CT molecular complexity index is 698. The van der Waals surface area contributed by atoms with Crippen molar-refractivity contribution in [1.29, 1.82) is 0 Å². The molecule has 0 spiro atoms. The van der Waals surface area contributed by atoms with Crippen LogP contribution in [0.4, 0.5) is 0 Å². The Kier molecular flexibility index (Phi) is 2.95. The van der Waals surface area contributed by atoms with E-state index in [4.69, 9.17) is 4.74 Å². The second kappa shape index (κ2) is 4.76. The van der Waals surface area contributed by atoms with Crippen LogP contribution in [0.5, 0.6) is 5.75 Å². The second-order valence-corrected chi connectivity index (χ2v) is 4.51. The molecule has 0 aliphatic carbocycles. The van der Waals surface area contributed by atoms with Crippen molar-refractivity contribution in [3.63, 3.8) is 0 Å². The van der Waals surface area contributed by atoms with Gasteiger partial charge in [-0.3, -0.25) is 0 Å². The van der Waals surface area contributed by atoms with Gasteiger partial charge in [0.25, 0.3) is 0 Å². The van der Waals surface area contributed by atoms with E-state index >= 15 is 0 Å². The Morgan fingerprint density at radius 2 is 1.84 bits per heavy atom. The van der Waals surface area contributed by atoms with Crippen molar-refractivity contribution in [2.75, 3.05) is 7.11 Å². The van der Waals surface area contributed by atoms with Gasteiger partial charge in [-0.2, -0.15) is 0 Å². The number of hydrogen-bond donors (Lipinski definition) is 0. The standard InChI is InChI=1S/C16H16N2O/c1-3-12-4-9-16-17-15(11-18(16)10-12)13-5-7-14(19-2)8-6-13/h4-11H,3H2,1-2H3. The van der Waals surface area contributed by atoms with Gasteiger partial charge in [0.15, 0.2) is 0 Å². The van der Waals surface area contributed by atoms with Gasteiger partial charge in [0.1, 0.15) is 11.4 Å². The fraction of sp³-hybridized carbons (Fsp3) is 0.188. The van der Waals surface area contributed by atoms with E-state index < -0.39 is 0 Å². The predicted octanol–water partition coefficient (Wildman–Crippen LogP) is 3.57. The molecule has 0 amide bonds. The average Bonchev–Trinajstić information content (AvgIpc) is 2.90. The Morgan fingerprint density at radius 3 is 2.53 bits per heavy atom. The maximum absolute atomic E-state index is 5.17. The zero-order chi connectivity index (χ0) is 13.2. The molecule has 3 rings (SSSR count). The number of ether oxygens (including phenoxy) is 1. The molecule has 1 aromatic carbocycles. The Morgan fingerprint density at radius 1 is 1.05 bits per heavy atom.